The summed E-state index contributed by atoms with van der Waals surface area (Å²) in [5.41, 5.74) is 2.60. The first-order valence-electron chi connectivity index (χ1n) is 9.40. The molecule has 3 aromatic heterocycles. The summed E-state index contributed by atoms with van der Waals surface area (Å²) in [7, 11) is 3.12. The Morgan fingerprint density at radius 3 is 2.84 bits per heavy atom. The minimum atomic E-state index is -0.589. The second-order valence-corrected chi connectivity index (χ2v) is 7.68. The molecule has 9 nitrogen and oxygen atoms in total. The maximum atomic E-state index is 12.5. The van der Waals surface area contributed by atoms with Gasteiger partial charge in [-0.05, 0) is 34.5 Å². The van der Waals surface area contributed by atoms with Gasteiger partial charge in [-0.2, -0.15) is 0 Å². The van der Waals surface area contributed by atoms with Gasteiger partial charge in [-0.3, -0.25) is 4.84 Å². The predicted molar refractivity (Wildman–Crippen MR) is 118 cm³/mol. The Morgan fingerprint density at radius 2 is 2.09 bits per heavy atom. The summed E-state index contributed by atoms with van der Waals surface area (Å²) in [5.74, 6) is 0.617. The van der Waals surface area contributed by atoms with E-state index in [-0.39, 0.29) is 13.2 Å². The summed E-state index contributed by atoms with van der Waals surface area (Å²) >= 11 is 7.47. The number of pyridine rings is 1. The van der Waals surface area contributed by atoms with Gasteiger partial charge in [-0.25, -0.2) is 14.2 Å². The molecule has 0 saturated heterocycles. The van der Waals surface area contributed by atoms with E-state index in [2.05, 4.69) is 9.36 Å². The Balaban J connectivity index is 1.54. The average molecular weight is 475 g/mol. The number of fused-ring (bicyclic) bond motifs is 1. The van der Waals surface area contributed by atoms with Crippen LogP contribution in [0.15, 0.2) is 54.6 Å². The van der Waals surface area contributed by atoms with E-state index < -0.39 is 5.97 Å². The number of nitrogens with zero attached hydrogens (tertiary/aromatic N) is 4. The first kappa shape index (κ1) is 22.0. The number of carbonyl (C=O) groups excluding carboxylic acids is 1. The van der Waals surface area contributed by atoms with Crippen molar-refractivity contribution in [2.45, 2.75) is 13.2 Å². The number of hydroxylamine groups is 2. The van der Waals surface area contributed by atoms with Gasteiger partial charge in [0.1, 0.15) is 11.5 Å². The van der Waals surface area contributed by atoms with E-state index >= 15 is 0 Å². The van der Waals surface area contributed by atoms with Crippen LogP contribution in [0.25, 0.3) is 5.52 Å². The summed E-state index contributed by atoms with van der Waals surface area (Å²) < 4.78 is 16.4. The Bertz CT molecular complexity index is 1210. The van der Waals surface area contributed by atoms with Crippen LogP contribution in [0.3, 0.4) is 0 Å². The SMILES string of the molecule is COc1ccc(CN(OCc2cc(Cl)c3cncn3c2)OC(=O)c2cnsc2)c(OC)c1. The van der Waals surface area contributed by atoms with Crippen LogP contribution < -0.4 is 9.47 Å². The van der Waals surface area contributed by atoms with E-state index in [1.165, 1.54) is 6.20 Å². The van der Waals surface area contributed by atoms with Gasteiger partial charge in [0, 0.05) is 23.2 Å². The lowest BCUT2D eigenvalue weighted by Crippen LogP contribution is -2.27. The molecule has 0 aliphatic heterocycles. The molecule has 0 fully saturated rings. The van der Waals surface area contributed by atoms with Crippen molar-refractivity contribution in [2.75, 3.05) is 14.2 Å². The van der Waals surface area contributed by atoms with E-state index in [9.17, 15) is 4.79 Å². The number of hydrogen-bond acceptors (Lipinski definition) is 9. The number of hydrogen-bond donors (Lipinski definition) is 0. The number of halogens is 1. The number of aromatic nitrogens is 3. The zero-order chi connectivity index (χ0) is 22.5. The molecule has 0 radical (unpaired) electrons. The highest BCUT2D eigenvalue weighted by atomic mass is 35.5. The van der Waals surface area contributed by atoms with Gasteiger partial charge in [0.2, 0.25) is 0 Å². The van der Waals surface area contributed by atoms with Crippen molar-refractivity contribution in [3.05, 3.63) is 76.3 Å². The Hall–Kier alpha value is -3.18. The average Bonchev–Trinajstić information content (AvgIpc) is 3.50. The van der Waals surface area contributed by atoms with Crippen molar-refractivity contribution >= 4 is 34.6 Å². The molecule has 4 rings (SSSR count). The largest absolute Gasteiger partial charge is 0.497 e. The molecule has 0 aliphatic carbocycles. The summed E-state index contributed by atoms with van der Waals surface area (Å²) in [4.78, 5) is 27.9. The quantitative estimate of drug-likeness (QED) is 0.334. The van der Waals surface area contributed by atoms with Crippen molar-refractivity contribution in [3.63, 3.8) is 0 Å². The number of benzene rings is 1. The number of carbonyl (C=O) groups is 1. The van der Waals surface area contributed by atoms with Crippen molar-refractivity contribution in [1.82, 2.24) is 19.0 Å². The molecular formula is C21H19ClN4O5S. The van der Waals surface area contributed by atoms with E-state index in [1.807, 2.05) is 12.3 Å². The van der Waals surface area contributed by atoms with Crippen LogP contribution in [0, 0.1) is 0 Å². The molecule has 0 saturated carbocycles. The van der Waals surface area contributed by atoms with Crippen LogP contribution in [0.5, 0.6) is 11.5 Å². The van der Waals surface area contributed by atoms with Crippen molar-refractivity contribution in [3.8, 4) is 11.5 Å². The maximum absolute atomic E-state index is 12.5. The number of rotatable bonds is 9. The number of methoxy groups -OCH3 is 2. The number of imidazole rings is 1. The highest BCUT2D eigenvalue weighted by Gasteiger charge is 2.19. The van der Waals surface area contributed by atoms with E-state index in [0.29, 0.717) is 22.1 Å². The van der Waals surface area contributed by atoms with Crippen LogP contribution in [0.2, 0.25) is 5.02 Å². The molecule has 1 aromatic carbocycles. The normalized spacial score (nSPS) is 11.1. The molecule has 0 bridgehead atoms. The van der Waals surface area contributed by atoms with Crippen LogP contribution in [-0.2, 0) is 22.8 Å². The van der Waals surface area contributed by atoms with Gasteiger partial charge in [-0.1, -0.05) is 17.7 Å². The summed E-state index contributed by atoms with van der Waals surface area (Å²) in [6.07, 6.45) is 6.59. The second-order valence-electron chi connectivity index (χ2n) is 6.62. The Kier molecular flexibility index (Phi) is 6.86. The molecule has 0 amide bonds. The molecule has 166 valence electrons. The van der Waals surface area contributed by atoms with Crippen molar-refractivity contribution in [1.29, 1.82) is 0 Å². The molecule has 0 aliphatic rings. The summed E-state index contributed by atoms with van der Waals surface area (Å²) in [6.45, 7) is 0.207. The smallest absolute Gasteiger partial charge is 0.361 e. The van der Waals surface area contributed by atoms with Crippen LogP contribution in [0.1, 0.15) is 21.5 Å². The fourth-order valence-corrected chi connectivity index (χ4v) is 3.74. The lowest BCUT2D eigenvalue weighted by atomic mass is 10.2. The lowest BCUT2D eigenvalue weighted by Gasteiger charge is -2.21. The summed E-state index contributed by atoms with van der Waals surface area (Å²) in [5, 5.41) is 3.24. The van der Waals surface area contributed by atoms with E-state index in [4.69, 9.17) is 30.7 Å². The Morgan fingerprint density at radius 1 is 1.22 bits per heavy atom. The van der Waals surface area contributed by atoms with E-state index in [0.717, 1.165) is 33.4 Å². The zero-order valence-electron chi connectivity index (χ0n) is 17.2. The van der Waals surface area contributed by atoms with Gasteiger partial charge in [-0.15, -0.1) is 0 Å². The van der Waals surface area contributed by atoms with Gasteiger partial charge >= 0.3 is 5.97 Å². The third kappa shape index (κ3) is 5.00. The third-order valence-corrected chi connectivity index (χ3v) is 5.44. The molecule has 0 spiro atoms. The number of ether oxygens (including phenoxy) is 2. The minimum Gasteiger partial charge on any atom is -0.497 e. The van der Waals surface area contributed by atoms with Crippen LogP contribution >= 0.6 is 23.1 Å². The molecule has 0 unspecified atom stereocenters. The van der Waals surface area contributed by atoms with Gasteiger partial charge in [0.25, 0.3) is 0 Å². The zero-order valence-corrected chi connectivity index (χ0v) is 18.8. The topological polar surface area (TPSA) is 87.4 Å². The maximum Gasteiger partial charge on any atom is 0.361 e. The minimum absolute atomic E-state index is 0.0987. The molecule has 0 atom stereocenters. The molecule has 3 heterocycles. The monoisotopic (exact) mass is 474 g/mol. The standard InChI is InChI=1S/C21H19ClN4O5S/c1-28-17-4-3-15(20(6-17)29-2)10-26(31-21(27)16-7-24-32-12-16)30-11-14-5-18(22)19-8-23-13-25(19)9-14/h3-9,12-13H,10-11H2,1-2H3. The van der Waals surface area contributed by atoms with Gasteiger partial charge < -0.3 is 18.7 Å². The predicted octanol–water partition coefficient (Wildman–Crippen LogP) is 4.17. The van der Waals surface area contributed by atoms with Crippen molar-refractivity contribution in [2.24, 2.45) is 0 Å². The molecule has 0 N–H and O–H groups in total. The molecule has 11 heteroatoms. The third-order valence-electron chi connectivity index (χ3n) is 4.55. The first-order valence-corrected chi connectivity index (χ1v) is 10.6. The highest BCUT2D eigenvalue weighted by molar-refractivity contribution is 7.03. The lowest BCUT2D eigenvalue weighted by molar-refractivity contribution is -0.348. The fraction of sp³-hybridized carbons (Fsp3) is 0.190. The highest BCUT2D eigenvalue weighted by Crippen LogP contribution is 2.27. The van der Waals surface area contributed by atoms with Gasteiger partial charge in [0.15, 0.2) is 0 Å². The summed E-state index contributed by atoms with van der Waals surface area (Å²) in [6, 6.07) is 7.11. The van der Waals surface area contributed by atoms with Crippen LogP contribution in [0.4, 0.5) is 0 Å². The van der Waals surface area contributed by atoms with Crippen LogP contribution in [-0.4, -0.2) is 39.2 Å². The fourth-order valence-electron chi connectivity index (χ4n) is 2.95. The Labute approximate surface area is 192 Å². The molecule has 4 aromatic rings. The molecule has 32 heavy (non-hydrogen) atoms. The van der Waals surface area contributed by atoms with Gasteiger partial charge in [0.05, 0.1) is 62.2 Å². The second kappa shape index (κ2) is 9.96. The molecular weight excluding hydrogens is 456 g/mol. The van der Waals surface area contributed by atoms with E-state index in [1.54, 1.807) is 54.7 Å². The van der Waals surface area contributed by atoms with Crippen molar-refractivity contribution < 1.29 is 23.9 Å². The first-order chi connectivity index (χ1) is 15.6.